The third-order valence-electron chi connectivity index (χ3n) is 3.97. The summed E-state index contributed by atoms with van der Waals surface area (Å²) >= 11 is 3.51. The molecule has 106 valence electrons. The van der Waals surface area contributed by atoms with Gasteiger partial charge >= 0.3 is 0 Å². The maximum atomic E-state index is 3.51. The number of benzene rings is 3. The fourth-order valence-corrected chi connectivity index (χ4v) is 3.19. The summed E-state index contributed by atoms with van der Waals surface area (Å²) in [4.78, 5) is 0. The minimum atomic E-state index is 0.198. The molecule has 0 fully saturated rings. The van der Waals surface area contributed by atoms with E-state index in [1.54, 1.807) is 0 Å². The van der Waals surface area contributed by atoms with Crippen molar-refractivity contribution in [2.45, 2.75) is 13.0 Å². The lowest BCUT2D eigenvalue weighted by atomic mass is 9.90. The van der Waals surface area contributed by atoms with Gasteiger partial charge in [-0.3, -0.25) is 0 Å². The average molecular weight is 340 g/mol. The molecule has 0 aliphatic heterocycles. The number of halogens is 1. The molecule has 3 aromatic carbocycles. The van der Waals surface area contributed by atoms with Crippen LogP contribution in [-0.4, -0.2) is 7.05 Å². The first-order valence-electron chi connectivity index (χ1n) is 7.11. The largest absolute Gasteiger partial charge is 0.309 e. The molecule has 3 aromatic rings. The van der Waals surface area contributed by atoms with Crippen LogP contribution in [0.5, 0.6) is 0 Å². The molecule has 0 aliphatic carbocycles. The van der Waals surface area contributed by atoms with Crippen LogP contribution in [0.15, 0.2) is 65.1 Å². The number of nitrogens with one attached hydrogen (secondary N) is 1. The van der Waals surface area contributed by atoms with Crippen molar-refractivity contribution in [1.29, 1.82) is 0 Å². The zero-order chi connectivity index (χ0) is 14.8. The standard InChI is InChI=1S/C19H18BrN/c1-13-7-8-14-5-3-4-6-17(14)18(13)19(21-2)15-9-11-16(20)12-10-15/h3-12,19,21H,1-2H3. The maximum absolute atomic E-state index is 3.51. The van der Waals surface area contributed by atoms with Crippen LogP contribution >= 0.6 is 15.9 Å². The second-order valence-corrected chi connectivity index (χ2v) is 6.21. The van der Waals surface area contributed by atoms with Crippen LogP contribution < -0.4 is 5.32 Å². The van der Waals surface area contributed by atoms with Crippen molar-refractivity contribution in [2.24, 2.45) is 0 Å². The van der Waals surface area contributed by atoms with Crippen LogP contribution in [0.3, 0.4) is 0 Å². The molecule has 2 heteroatoms. The van der Waals surface area contributed by atoms with E-state index in [1.807, 2.05) is 7.05 Å². The first-order valence-corrected chi connectivity index (χ1v) is 7.91. The third-order valence-corrected chi connectivity index (χ3v) is 4.50. The summed E-state index contributed by atoms with van der Waals surface area (Å²) in [6.07, 6.45) is 0. The lowest BCUT2D eigenvalue weighted by molar-refractivity contribution is 0.693. The normalized spacial score (nSPS) is 12.5. The lowest BCUT2D eigenvalue weighted by Crippen LogP contribution is -2.19. The van der Waals surface area contributed by atoms with Crippen molar-refractivity contribution in [3.63, 3.8) is 0 Å². The molecule has 21 heavy (non-hydrogen) atoms. The van der Waals surface area contributed by atoms with Crippen LogP contribution in [0, 0.1) is 6.92 Å². The quantitative estimate of drug-likeness (QED) is 0.689. The second-order valence-electron chi connectivity index (χ2n) is 5.29. The molecule has 0 saturated carbocycles. The summed E-state index contributed by atoms with van der Waals surface area (Å²) in [5.41, 5.74) is 3.95. The minimum absolute atomic E-state index is 0.198. The molecule has 0 heterocycles. The predicted octanol–water partition coefficient (Wildman–Crippen LogP) is 5.22. The summed E-state index contributed by atoms with van der Waals surface area (Å²) in [5, 5.41) is 6.08. The van der Waals surface area contributed by atoms with Gasteiger partial charge in [0.15, 0.2) is 0 Å². The highest BCUT2D eigenvalue weighted by Gasteiger charge is 2.16. The Morgan fingerprint density at radius 2 is 1.62 bits per heavy atom. The maximum Gasteiger partial charge on any atom is 0.0583 e. The van der Waals surface area contributed by atoms with Crippen LogP contribution in [0.1, 0.15) is 22.7 Å². The van der Waals surface area contributed by atoms with E-state index in [0.717, 1.165) is 4.47 Å². The highest BCUT2D eigenvalue weighted by molar-refractivity contribution is 9.10. The second kappa shape index (κ2) is 6.00. The van der Waals surface area contributed by atoms with E-state index in [0.29, 0.717) is 0 Å². The van der Waals surface area contributed by atoms with Gasteiger partial charge in [0.1, 0.15) is 0 Å². The monoisotopic (exact) mass is 339 g/mol. The Bertz CT molecular complexity index is 762. The van der Waals surface area contributed by atoms with E-state index < -0.39 is 0 Å². The Kier molecular flexibility index (Phi) is 4.09. The molecule has 0 aromatic heterocycles. The number of aryl methyl sites for hydroxylation is 1. The molecule has 1 atom stereocenters. The van der Waals surface area contributed by atoms with Crippen LogP contribution in [0.25, 0.3) is 10.8 Å². The molecule has 0 aliphatic rings. The minimum Gasteiger partial charge on any atom is -0.309 e. The van der Waals surface area contributed by atoms with Gasteiger partial charge in [-0.05, 0) is 53.6 Å². The van der Waals surface area contributed by atoms with Crippen molar-refractivity contribution in [3.8, 4) is 0 Å². The van der Waals surface area contributed by atoms with Crippen LogP contribution in [0.2, 0.25) is 0 Å². The Morgan fingerprint density at radius 1 is 0.905 bits per heavy atom. The fourth-order valence-electron chi connectivity index (χ4n) is 2.92. The topological polar surface area (TPSA) is 12.0 Å². The molecular weight excluding hydrogens is 322 g/mol. The average Bonchev–Trinajstić information content (AvgIpc) is 2.52. The number of fused-ring (bicyclic) bond motifs is 1. The Labute approximate surface area is 134 Å². The molecule has 1 unspecified atom stereocenters. The van der Waals surface area contributed by atoms with Gasteiger partial charge in [-0.2, -0.15) is 0 Å². The molecule has 0 amide bonds. The van der Waals surface area contributed by atoms with Gasteiger partial charge in [0.05, 0.1) is 6.04 Å². The highest BCUT2D eigenvalue weighted by atomic mass is 79.9. The third kappa shape index (κ3) is 2.74. The molecule has 0 saturated heterocycles. The van der Waals surface area contributed by atoms with Gasteiger partial charge in [0.2, 0.25) is 0 Å². The number of hydrogen-bond donors (Lipinski definition) is 1. The van der Waals surface area contributed by atoms with Crippen molar-refractivity contribution < 1.29 is 0 Å². The summed E-state index contributed by atoms with van der Waals surface area (Å²) in [6, 6.07) is 21.7. The van der Waals surface area contributed by atoms with Gasteiger partial charge in [-0.25, -0.2) is 0 Å². The Morgan fingerprint density at radius 3 is 2.33 bits per heavy atom. The fraction of sp³-hybridized carbons (Fsp3) is 0.158. The van der Waals surface area contributed by atoms with E-state index in [4.69, 9.17) is 0 Å². The Balaban J connectivity index is 2.21. The molecule has 0 radical (unpaired) electrons. The van der Waals surface area contributed by atoms with Crippen molar-refractivity contribution >= 4 is 26.7 Å². The smallest absolute Gasteiger partial charge is 0.0583 e. The van der Waals surface area contributed by atoms with Gasteiger partial charge in [0.25, 0.3) is 0 Å². The molecule has 1 N–H and O–H groups in total. The summed E-state index contributed by atoms with van der Waals surface area (Å²) in [5.74, 6) is 0. The van der Waals surface area contributed by atoms with E-state index in [-0.39, 0.29) is 6.04 Å². The predicted molar refractivity (Wildman–Crippen MR) is 93.7 cm³/mol. The van der Waals surface area contributed by atoms with Crippen molar-refractivity contribution in [1.82, 2.24) is 5.32 Å². The van der Waals surface area contributed by atoms with Gasteiger partial charge in [-0.1, -0.05) is 64.5 Å². The Hall–Kier alpha value is -1.64. The van der Waals surface area contributed by atoms with E-state index >= 15 is 0 Å². The SMILES string of the molecule is CNC(c1ccc(Br)cc1)c1c(C)ccc2ccccc12. The summed E-state index contributed by atoms with van der Waals surface area (Å²) < 4.78 is 1.11. The van der Waals surface area contributed by atoms with Gasteiger partial charge < -0.3 is 5.32 Å². The lowest BCUT2D eigenvalue weighted by Gasteiger charge is -2.22. The highest BCUT2D eigenvalue weighted by Crippen LogP contribution is 2.32. The zero-order valence-corrected chi connectivity index (χ0v) is 13.8. The zero-order valence-electron chi connectivity index (χ0n) is 12.2. The number of hydrogen-bond acceptors (Lipinski definition) is 1. The summed E-state index contributed by atoms with van der Waals surface area (Å²) in [6.45, 7) is 2.19. The van der Waals surface area contributed by atoms with Crippen molar-refractivity contribution in [2.75, 3.05) is 7.05 Å². The molecule has 3 rings (SSSR count). The summed E-state index contributed by atoms with van der Waals surface area (Å²) in [7, 11) is 2.02. The van der Waals surface area contributed by atoms with Crippen LogP contribution in [-0.2, 0) is 0 Å². The van der Waals surface area contributed by atoms with Crippen molar-refractivity contribution in [3.05, 3.63) is 81.8 Å². The van der Waals surface area contributed by atoms with Gasteiger partial charge in [-0.15, -0.1) is 0 Å². The molecule has 0 bridgehead atoms. The van der Waals surface area contributed by atoms with Crippen LogP contribution in [0.4, 0.5) is 0 Å². The van der Waals surface area contributed by atoms with E-state index in [2.05, 4.69) is 88.8 Å². The number of rotatable bonds is 3. The van der Waals surface area contributed by atoms with Gasteiger partial charge in [0, 0.05) is 4.47 Å². The molecule has 0 spiro atoms. The molecule has 1 nitrogen and oxygen atoms in total. The van der Waals surface area contributed by atoms with E-state index in [1.165, 1.54) is 27.5 Å². The first-order chi connectivity index (χ1) is 10.2. The molecular formula is C19H18BrN. The van der Waals surface area contributed by atoms with E-state index in [9.17, 15) is 0 Å². The first kappa shape index (κ1) is 14.3.